The average molecular weight is 385 g/mol. The number of benzene rings is 2. The van der Waals surface area contributed by atoms with E-state index in [9.17, 15) is 29.8 Å². The second kappa shape index (κ2) is 7.38. The Morgan fingerprint density at radius 2 is 1.41 bits per heavy atom. The van der Waals surface area contributed by atoms with E-state index in [0.717, 1.165) is 16.7 Å². The molecule has 9 nitrogen and oxygen atoms in total. The number of carbonyl (C=O) groups excluding carboxylic acids is 2. The van der Waals surface area contributed by atoms with Crippen molar-refractivity contribution in [1.82, 2.24) is 4.90 Å². The first-order valence-electron chi connectivity index (χ1n) is 7.58. The number of non-ortho nitro benzene ring substituents is 2. The molecule has 0 atom stereocenters. The molecular weight excluding hydrogens is 374 g/mol. The molecule has 2 aromatic rings. The summed E-state index contributed by atoms with van der Waals surface area (Å²) in [5.74, 6) is -0.485. The first-order chi connectivity index (χ1) is 12.8. The van der Waals surface area contributed by atoms with Gasteiger partial charge in [-0.3, -0.25) is 34.7 Å². The van der Waals surface area contributed by atoms with Gasteiger partial charge in [-0.15, -0.1) is 0 Å². The van der Waals surface area contributed by atoms with Gasteiger partial charge in [-0.1, -0.05) is 12.1 Å². The molecule has 0 unspecified atom stereocenters. The van der Waals surface area contributed by atoms with E-state index in [0.29, 0.717) is 11.1 Å². The first-order valence-corrected chi connectivity index (χ1v) is 8.40. The quantitative estimate of drug-likeness (QED) is 0.436. The monoisotopic (exact) mass is 385 g/mol. The summed E-state index contributed by atoms with van der Waals surface area (Å²) in [6.45, 7) is 0.000260. The highest BCUT2D eigenvalue weighted by atomic mass is 32.2. The Hall–Kier alpha value is -3.53. The predicted octanol–water partition coefficient (Wildman–Crippen LogP) is 3.74. The smallest absolute Gasteiger partial charge is 0.268 e. The lowest BCUT2D eigenvalue weighted by molar-refractivity contribution is -0.385. The largest absolute Gasteiger partial charge is 0.293 e. The van der Waals surface area contributed by atoms with Gasteiger partial charge >= 0.3 is 0 Å². The molecule has 27 heavy (non-hydrogen) atoms. The number of nitro groups is 2. The van der Waals surface area contributed by atoms with Crippen molar-refractivity contribution in [2.45, 2.75) is 6.54 Å². The summed E-state index contributed by atoms with van der Waals surface area (Å²) < 4.78 is 0. The molecule has 0 bridgehead atoms. The number of thioether (sulfide) groups is 1. The van der Waals surface area contributed by atoms with E-state index < -0.39 is 21.0 Å². The van der Waals surface area contributed by atoms with Crippen LogP contribution in [0, 0.1) is 20.2 Å². The van der Waals surface area contributed by atoms with Gasteiger partial charge in [-0.25, -0.2) is 0 Å². The van der Waals surface area contributed by atoms with Crippen LogP contribution in [0.1, 0.15) is 11.1 Å². The summed E-state index contributed by atoms with van der Waals surface area (Å²) in [7, 11) is 0. The van der Waals surface area contributed by atoms with Crippen molar-refractivity contribution >= 4 is 40.4 Å². The van der Waals surface area contributed by atoms with Gasteiger partial charge in [0.1, 0.15) is 0 Å². The lowest BCUT2D eigenvalue weighted by Gasteiger charge is -2.12. The first kappa shape index (κ1) is 18.3. The number of hydrogen-bond donors (Lipinski definition) is 0. The van der Waals surface area contributed by atoms with Crippen molar-refractivity contribution in [3.63, 3.8) is 0 Å². The molecule has 0 saturated carbocycles. The summed E-state index contributed by atoms with van der Waals surface area (Å²) in [6, 6.07) is 11.2. The summed E-state index contributed by atoms with van der Waals surface area (Å²) in [5.41, 5.74) is 0.991. The molecule has 1 heterocycles. The Labute approximate surface area is 156 Å². The zero-order valence-electron chi connectivity index (χ0n) is 13.6. The Balaban J connectivity index is 1.76. The van der Waals surface area contributed by atoms with Crippen molar-refractivity contribution in [3.8, 4) is 0 Å². The number of imide groups is 1. The highest BCUT2D eigenvalue weighted by molar-refractivity contribution is 8.18. The number of hydrogen-bond acceptors (Lipinski definition) is 7. The van der Waals surface area contributed by atoms with Crippen LogP contribution in [-0.2, 0) is 11.3 Å². The topological polar surface area (TPSA) is 124 Å². The summed E-state index contributed by atoms with van der Waals surface area (Å²) in [5, 5.41) is 20.9. The van der Waals surface area contributed by atoms with E-state index in [4.69, 9.17) is 0 Å². The van der Waals surface area contributed by atoms with Crippen molar-refractivity contribution in [3.05, 3.63) is 84.8 Å². The van der Waals surface area contributed by atoms with Crippen LogP contribution in [0.2, 0.25) is 0 Å². The molecule has 3 rings (SSSR count). The maximum Gasteiger partial charge on any atom is 0.293 e. The Kier molecular flexibility index (Phi) is 4.99. The van der Waals surface area contributed by atoms with E-state index in [2.05, 4.69) is 0 Å². The van der Waals surface area contributed by atoms with Crippen molar-refractivity contribution in [2.75, 3.05) is 0 Å². The second-order valence-electron chi connectivity index (χ2n) is 5.54. The minimum absolute atomic E-state index is 0.000260. The Morgan fingerprint density at radius 1 is 0.889 bits per heavy atom. The van der Waals surface area contributed by atoms with Crippen LogP contribution in [0.4, 0.5) is 16.2 Å². The molecule has 0 N–H and O–H groups in total. The van der Waals surface area contributed by atoms with Crippen LogP contribution in [0.5, 0.6) is 0 Å². The van der Waals surface area contributed by atoms with Gasteiger partial charge in [0.25, 0.3) is 22.5 Å². The fourth-order valence-electron chi connectivity index (χ4n) is 2.39. The summed E-state index contributed by atoms with van der Waals surface area (Å²) in [6.07, 6.45) is 1.49. The molecule has 10 heteroatoms. The van der Waals surface area contributed by atoms with Crippen molar-refractivity contribution in [2.24, 2.45) is 0 Å². The van der Waals surface area contributed by atoms with Crippen molar-refractivity contribution in [1.29, 1.82) is 0 Å². The second-order valence-corrected chi connectivity index (χ2v) is 6.53. The van der Waals surface area contributed by atoms with Crippen LogP contribution in [0.25, 0.3) is 6.08 Å². The number of nitrogens with zero attached hydrogens (tertiary/aromatic N) is 3. The van der Waals surface area contributed by atoms with E-state index in [1.807, 2.05) is 0 Å². The van der Waals surface area contributed by atoms with Gasteiger partial charge in [0.2, 0.25) is 0 Å². The van der Waals surface area contributed by atoms with E-state index in [1.54, 1.807) is 0 Å². The highest BCUT2D eigenvalue weighted by Gasteiger charge is 2.35. The zero-order valence-corrected chi connectivity index (χ0v) is 14.4. The maximum atomic E-state index is 12.5. The zero-order chi connectivity index (χ0) is 19.6. The van der Waals surface area contributed by atoms with Crippen LogP contribution in [0.15, 0.2) is 53.4 Å². The van der Waals surface area contributed by atoms with E-state index >= 15 is 0 Å². The number of rotatable bonds is 5. The molecule has 2 amide bonds. The van der Waals surface area contributed by atoms with Gasteiger partial charge in [0.05, 0.1) is 21.3 Å². The number of amides is 2. The lowest BCUT2D eigenvalue weighted by atomic mass is 10.2. The van der Waals surface area contributed by atoms with Gasteiger partial charge in [-0.05, 0) is 41.1 Å². The van der Waals surface area contributed by atoms with Gasteiger partial charge in [-0.2, -0.15) is 0 Å². The average Bonchev–Trinajstić information content (AvgIpc) is 2.90. The van der Waals surface area contributed by atoms with Crippen LogP contribution in [0.3, 0.4) is 0 Å². The predicted molar refractivity (Wildman–Crippen MR) is 97.7 cm³/mol. The SMILES string of the molecule is O=C1SC(=Cc2ccc([N+](=O)[O-])cc2)C(=O)N1Cc1ccc([N+](=O)[O-])cc1. The Morgan fingerprint density at radius 3 is 1.93 bits per heavy atom. The summed E-state index contributed by atoms with van der Waals surface area (Å²) in [4.78, 5) is 46.1. The van der Waals surface area contributed by atoms with Gasteiger partial charge in [0, 0.05) is 24.3 Å². The lowest BCUT2D eigenvalue weighted by Crippen LogP contribution is -2.27. The third kappa shape index (κ3) is 4.01. The molecule has 1 fully saturated rings. The molecule has 2 aromatic carbocycles. The number of nitro benzene ring substituents is 2. The third-order valence-electron chi connectivity index (χ3n) is 3.76. The molecule has 0 spiro atoms. The van der Waals surface area contributed by atoms with Crippen LogP contribution >= 0.6 is 11.8 Å². The van der Waals surface area contributed by atoms with Gasteiger partial charge < -0.3 is 0 Å². The normalized spacial score (nSPS) is 15.4. The fourth-order valence-corrected chi connectivity index (χ4v) is 3.22. The maximum absolute atomic E-state index is 12.5. The van der Waals surface area contributed by atoms with E-state index in [-0.39, 0.29) is 22.8 Å². The molecule has 1 aliphatic rings. The Bertz CT molecular complexity index is 969. The third-order valence-corrected chi connectivity index (χ3v) is 4.67. The van der Waals surface area contributed by atoms with Crippen LogP contribution in [-0.4, -0.2) is 25.9 Å². The van der Waals surface area contributed by atoms with E-state index in [1.165, 1.54) is 54.6 Å². The minimum Gasteiger partial charge on any atom is -0.268 e. The fraction of sp³-hybridized carbons (Fsp3) is 0.0588. The van der Waals surface area contributed by atoms with Crippen LogP contribution < -0.4 is 0 Å². The molecule has 1 saturated heterocycles. The standard InChI is InChI=1S/C17H11N3O6S/c21-16-15(9-11-1-5-13(6-2-11)19(23)24)27-17(22)18(16)10-12-3-7-14(8-4-12)20(25)26/h1-9H,10H2. The van der Waals surface area contributed by atoms with Gasteiger partial charge in [0.15, 0.2) is 0 Å². The highest BCUT2D eigenvalue weighted by Crippen LogP contribution is 2.33. The molecular formula is C17H11N3O6S. The molecule has 0 radical (unpaired) electrons. The summed E-state index contributed by atoms with van der Waals surface area (Å²) >= 11 is 0.771. The van der Waals surface area contributed by atoms with Crippen molar-refractivity contribution < 1.29 is 19.4 Å². The minimum atomic E-state index is -0.531. The number of carbonyl (C=O) groups is 2. The molecule has 0 aliphatic carbocycles. The molecule has 136 valence electrons. The molecule has 0 aromatic heterocycles. The molecule has 1 aliphatic heterocycles.